The molecular formula is C9H16F3NO2. The van der Waals surface area contributed by atoms with Crippen molar-refractivity contribution in [3.05, 3.63) is 0 Å². The van der Waals surface area contributed by atoms with Gasteiger partial charge in [0, 0.05) is 13.2 Å². The minimum atomic E-state index is -4.14. The summed E-state index contributed by atoms with van der Waals surface area (Å²) in [4.78, 5) is 0. The standard InChI is InChI=1S/C9H16F3NO2/c10-9(11,12)7-13-3-5-14-6-8-2-1-4-15-8/h8,13H,1-7H2. The lowest BCUT2D eigenvalue weighted by Crippen LogP contribution is -2.31. The zero-order valence-electron chi connectivity index (χ0n) is 8.48. The van der Waals surface area contributed by atoms with Crippen molar-refractivity contribution in [2.45, 2.75) is 25.1 Å². The summed E-state index contributed by atoms with van der Waals surface area (Å²) in [6.07, 6.45) is -1.99. The summed E-state index contributed by atoms with van der Waals surface area (Å²) >= 11 is 0. The lowest BCUT2D eigenvalue weighted by atomic mass is 10.2. The van der Waals surface area contributed by atoms with E-state index in [1.54, 1.807) is 0 Å². The lowest BCUT2D eigenvalue weighted by molar-refractivity contribution is -0.125. The number of hydrogen-bond acceptors (Lipinski definition) is 3. The van der Waals surface area contributed by atoms with Gasteiger partial charge in [0.05, 0.1) is 25.9 Å². The van der Waals surface area contributed by atoms with Crippen LogP contribution in [0.1, 0.15) is 12.8 Å². The molecule has 3 nitrogen and oxygen atoms in total. The van der Waals surface area contributed by atoms with Crippen LogP contribution >= 0.6 is 0 Å². The molecule has 0 saturated carbocycles. The monoisotopic (exact) mass is 227 g/mol. The summed E-state index contributed by atoms with van der Waals surface area (Å²) in [6, 6.07) is 0. The van der Waals surface area contributed by atoms with Gasteiger partial charge in [-0.25, -0.2) is 0 Å². The Balaban J connectivity index is 1.84. The molecule has 1 aliphatic heterocycles. The average molecular weight is 227 g/mol. The lowest BCUT2D eigenvalue weighted by Gasteiger charge is -2.11. The highest BCUT2D eigenvalue weighted by atomic mass is 19.4. The molecule has 0 aromatic rings. The predicted octanol–water partition coefficient (Wildman–Crippen LogP) is 1.33. The highest BCUT2D eigenvalue weighted by Crippen LogP contribution is 2.12. The summed E-state index contributed by atoms with van der Waals surface area (Å²) in [5.74, 6) is 0. The van der Waals surface area contributed by atoms with Crippen molar-refractivity contribution in [1.82, 2.24) is 5.32 Å². The molecule has 90 valence electrons. The predicted molar refractivity (Wildman–Crippen MR) is 48.7 cm³/mol. The fourth-order valence-electron chi connectivity index (χ4n) is 1.37. The number of halogens is 3. The van der Waals surface area contributed by atoms with Gasteiger partial charge in [0.2, 0.25) is 0 Å². The van der Waals surface area contributed by atoms with Crippen molar-refractivity contribution in [1.29, 1.82) is 0 Å². The highest BCUT2D eigenvalue weighted by molar-refractivity contribution is 4.63. The Morgan fingerprint density at radius 3 is 2.80 bits per heavy atom. The maximum absolute atomic E-state index is 11.7. The van der Waals surface area contributed by atoms with Crippen LogP contribution in [0, 0.1) is 0 Å². The van der Waals surface area contributed by atoms with Crippen molar-refractivity contribution < 1.29 is 22.6 Å². The van der Waals surface area contributed by atoms with Crippen molar-refractivity contribution in [2.24, 2.45) is 0 Å². The Bertz CT molecular complexity index is 169. The van der Waals surface area contributed by atoms with Gasteiger partial charge in [-0.15, -0.1) is 0 Å². The average Bonchev–Trinajstić information content (AvgIpc) is 2.61. The first-order valence-electron chi connectivity index (χ1n) is 5.05. The maximum atomic E-state index is 11.7. The smallest absolute Gasteiger partial charge is 0.377 e. The van der Waals surface area contributed by atoms with Gasteiger partial charge >= 0.3 is 6.18 Å². The SMILES string of the molecule is FC(F)(F)CNCCOCC1CCCO1. The van der Waals surface area contributed by atoms with Gasteiger partial charge in [0.1, 0.15) is 0 Å². The van der Waals surface area contributed by atoms with Crippen LogP contribution in [0.5, 0.6) is 0 Å². The zero-order chi connectivity index (χ0) is 11.1. The molecule has 6 heteroatoms. The Hall–Kier alpha value is -0.330. The summed E-state index contributed by atoms with van der Waals surface area (Å²) in [6.45, 7) is 0.784. The molecule has 0 aromatic carbocycles. The third-order valence-corrected chi connectivity index (χ3v) is 2.08. The second-order valence-corrected chi connectivity index (χ2v) is 3.50. The largest absolute Gasteiger partial charge is 0.401 e. The van der Waals surface area contributed by atoms with Crippen molar-refractivity contribution in [3.63, 3.8) is 0 Å². The van der Waals surface area contributed by atoms with Gasteiger partial charge in [-0.2, -0.15) is 13.2 Å². The molecule has 1 fully saturated rings. The van der Waals surface area contributed by atoms with Crippen molar-refractivity contribution >= 4 is 0 Å². The second kappa shape index (κ2) is 6.30. The van der Waals surface area contributed by atoms with E-state index < -0.39 is 12.7 Å². The van der Waals surface area contributed by atoms with Gasteiger partial charge in [0.15, 0.2) is 0 Å². The Labute approximate surface area is 86.9 Å². The molecule has 0 bridgehead atoms. The van der Waals surface area contributed by atoms with Crippen LogP contribution in [-0.4, -0.2) is 45.2 Å². The molecule has 1 atom stereocenters. The van der Waals surface area contributed by atoms with Crippen molar-refractivity contribution in [3.8, 4) is 0 Å². The van der Waals surface area contributed by atoms with E-state index in [-0.39, 0.29) is 19.3 Å². The quantitative estimate of drug-likeness (QED) is 0.694. The number of alkyl halides is 3. The molecule has 0 aromatic heterocycles. The van der Waals surface area contributed by atoms with Gasteiger partial charge in [-0.1, -0.05) is 0 Å². The molecule has 0 aliphatic carbocycles. The molecule has 15 heavy (non-hydrogen) atoms. The minimum absolute atomic E-state index is 0.132. The molecule has 1 heterocycles. The fraction of sp³-hybridized carbons (Fsp3) is 1.00. The van der Waals surface area contributed by atoms with Gasteiger partial charge < -0.3 is 14.8 Å². The van der Waals surface area contributed by atoms with Crippen molar-refractivity contribution in [2.75, 3.05) is 32.9 Å². The number of ether oxygens (including phenoxy) is 2. The highest BCUT2D eigenvalue weighted by Gasteiger charge is 2.25. The van der Waals surface area contributed by atoms with Crippen LogP contribution in [0.15, 0.2) is 0 Å². The fourth-order valence-corrected chi connectivity index (χ4v) is 1.37. The van der Waals surface area contributed by atoms with E-state index in [9.17, 15) is 13.2 Å². The first-order chi connectivity index (χ1) is 7.08. The Kier molecular flexibility index (Phi) is 5.35. The second-order valence-electron chi connectivity index (χ2n) is 3.50. The summed E-state index contributed by atoms with van der Waals surface area (Å²) < 4.78 is 45.5. The van der Waals surface area contributed by atoms with Crippen LogP contribution in [0.4, 0.5) is 13.2 Å². The third kappa shape index (κ3) is 6.70. The Morgan fingerprint density at radius 2 is 2.20 bits per heavy atom. The normalized spacial score (nSPS) is 22.2. The summed E-state index contributed by atoms with van der Waals surface area (Å²) in [5, 5.41) is 2.26. The first-order valence-corrected chi connectivity index (χ1v) is 5.05. The molecule has 1 aliphatic rings. The molecular weight excluding hydrogens is 211 g/mol. The van der Waals surface area contributed by atoms with Crippen LogP contribution < -0.4 is 5.32 Å². The summed E-state index contributed by atoms with van der Waals surface area (Å²) in [7, 11) is 0. The first kappa shape index (κ1) is 12.7. The van der Waals surface area contributed by atoms with Gasteiger partial charge in [0.25, 0.3) is 0 Å². The van der Waals surface area contributed by atoms with E-state index >= 15 is 0 Å². The van der Waals surface area contributed by atoms with E-state index in [4.69, 9.17) is 9.47 Å². The molecule has 1 rings (SSSR count). The van der Waals surface area contributed by atoms with E-state index in [2.05, 4.69) is 5.32 Å². The van der Waals surface area contributed by atoms with Crippen LogP contribution in [0.3, 0.4) is 0 Å². The number of rotatable bonds is 6. The topological polar surface area (TPSA) is 30.5 Å². The Morgan fingerprint density at radius 1 is 1.40 bits per heavy atom. The van der Waals surface area contributed by atoms with Gasteiger partial charge in [-0.05, 0) is 12.8 Å². The van der Waals surface area contributed by atoms with Crippen LogP contribution in [0.2, 0.25) is 0 Å². The van der Waals surface area contributed by atoms with E-state index in [1.165, 1.54) is 0 Å². The molecule has 1 unspecified atom stereocenters. The number of hydrogen-bond donors (Lipinski definition) is 1. The molecule has 0 spiro atoms. The minimum Gasteiger partial charge on any atom is -0.377 e. The number of nitrogens with one attached hydrogen (secondary N) is 1. The third-order valence-electron chi connectivity index (χ3n) is 2.08. The molecule has 0 radical (unpaired) electrons. The maximum Gasteiger partial charge on any atom is 0.401 e. The van der Waals surface area contributed by atoms with Crippen LogP contribution in [0.25, 0.3) is 0 Å². The molecule has 0 amide bonds. The zero-order valence-corrected chi connectivity index (χ0v) is 8.48. The summed E-state index contributed by atoms with van der Waals surface area (Å²) in [5.41, 5.74) is 0. The molecule has 1 N–H and O–H groups in total. The van der Waals surface area contributed by atoms with Crippen LogP contribution in [-0.2, 0) is 9.47 Å². The van der Waals surface area contributed by atoms with E-state index in [0.717, 1.165) is 19.4 Å². The van der Waals surface area contributed by atoms with E-state index in [0.29, 0.717) is 6.61 Å². The van der Waals surface area contributed by atoms with E-state index in [1.807, 2.05) is 0 Å². The van der Waals surface area contributed by atoms with Gasteiger partial charge in [-0.3, -0.25) is 0 Å². The molecule has 1 saturated heterocycles.